The van der Waals surface area contributed by atoms with E-state index in [9.17, 15) is 10.1 Å². The molecule has 2 aromatic heterocycles. The summed E-state index contributed by atoms with van der Waals surface area (Å²) in [6.45, 7) is 1.82. The molecule has 0 bridgehead atoms. The van der Waals surface area contributed by atoms with Crippen molar-refractivity contribution in [3.63, 3.8) is 0 Å². The van der Waals surface area contributed by atoms with Gasteiger partial charge in [-0.05, 0) is 22.9 Å². The molecule has 0 amide bonds. The molecule has 0 atom stereocenters. The first-order valence-corrected chi connectivity index (χ1v) is 4.28. The van der Waals surface area contributed by atoms with Crippen LogP contribution >= 0.6 is 0 Å². The molecule has 2 heterocycles. The molecule has 0 aliphatic rings. The van der Waals surface area contributed by atoms with Gasteiger partial charge in [0.1, 0.15) is 0 Å². The lowest BCUT2D eigenvalue weighted by Crippen LogP contribution is -2.04. The van der Waals surface area contributed by atoms with Crippen molar-refractivity contribution >= 4 is 5.82 Å². The Morgan fingerprint density at radius 2 is 2.27 bits per heavy atom. The summed E-state index contributed by atoms with van der Waals surface area (Å²) in [5.74, 6) is 0.161. The maximum Gasteiger partial charge on any atom is 0.408 e. The summed E-state index contributed by atoms with van der Waals surface area (Å²) in [4.78, 5) is 13.9. The third-order valence-corrected chi connectivity index (χ3v) is 2.00. The van der Waals surface area contributed by atoms with E-state index in [4.69, 9.17) is 0 Å². The SMILES string of the molecule is Cc1ccn(-c2c([N+](=O)[O-])ncn2C)n1. The Labute approximate surface area is 85.1 Å². The summed E-state index contributed by atoms with van der Waals surface area (Å²) in [7, 11) is 1.69. The van der Waals surface area contributed by atoms with E-state index in [1.165, 1.54) is 11.0 Å². The first kappa shape index (κ1) is 9.38. The van der Waals surface area contributed by atoms with Crippen molar-refractivity contribution in [2.45, 2.75) is 6.92 Å². The molecular weight excluding hydrogens is 198 g/mol. The van der Waals surface area contributed by atoms with Crippen LogP contribution in [0.2, 0.25) is 0 Å². The molecule has 2 rings (SSSR count). The van der Waals surface area contributed by atoms with Crippen molar-refractivity contribution in [3.05, 3.63) is 34.4 Å². The van der Waals surface area contributed by atoms with Crippen molar-refractivity contribution in [2.24, 2.45) is 7.05 Å². The van der Waals surface area contributed by atoms with Gasteiger partial charge in [-0.25, -0.2) is 4.68 Å². The van der Waals surface area contributed by atoms with E-state index < -0.39 is 4.92 Å². The number of hydrogen-bond acceptors (Lipinski definition) is 4. The van der Waals surface area contributed by atoms with Gasteiger partial charge in [0.2, 0.25) is 12.1 Å². The van der Waals surface area contributed by atoms with Gasteiger partial charge in [-0.3, -0.25) is 4.57 Å². The summed E-state index contributed by atoms with van der Waals surface area (Å²) >= 11 is 0. The number of hydrogen-bond donors (Lipinski definition) is 0. The van der Waals surface area contributed by atoms with Crippen molar-refractivity contribution in [1.82, 2.24) is 19.3 Å². The second-order valence-corrected chi connectivity index (χ2v) is 3.16. The molecule has 7 heteroatoms. The molecule has 0 aliphatic heterocycles. The lowest BCUT2D eigenvalue weighted by atomic mass is 10.5. The Hall–Kier alpha value is -2.18. The molecule has 2 aromatic rings. The fourth-order valence-electron chi connectivity index (χ4n) is 1.34. The Morgan fingerprint density at radius 1 is 1.53 bits per heavy atom. The third-order valence-electron chi connectivity index (χ3n) is 2.00. The lowest BCUT2D eigenvalue weighted by Gasteiger charge is -2.00. The maximum atomic E-state index is 10.7. The smallest absolute Gasteiger partial charge is 0.358 e. The van der Waals surface area contributed by atoms with Crippen LogP contribution in [0.4, 0.5) is 5.82 Å². The van der Waals surface area contributed by atoms with Crippen LogP contribution in [-0.2, 0) is 7.05 Å². The highest BCUT2D eigenvalue weighted by Gasteiger charge is 2.21. The van der Waals surface area contributed by atoms with Crippen LogP contribution < -0.4 is 0 Å². The Kier molecular flexibility index (Phi) is 2.00. The van der Waals surface area contributed by atoms with Gasteiger partial charge in [0.05, 0.1) is 5.69 Å². The maximum absolute atomic E-state index is 10.7. The molecule has 15 heavy (non-hydrogen) atoms. The van der Waals surface area contributed by atoms with Gasteiger partial charge in [0.25, 0.3) is 0 Å². The number of imidazole rings is 1. The molecule has 0 aromatic carbocycles. The van der Waals surface area contributed by atoms with E-state index >= 15 is 0 Å². The highest BCUT2D eigenvalue weighted by molar-refractivity contribution is 5.40. The number of rotatable bonds is 2. The largest absolute Gasteiger partial charge is 0.408 e. The topological polar surface area (TPSA) is 78.8 Å². The van der Waals surface area contributed by atoms with E-state index in [0.717, 1.165) is 5.69 Å². The minimum absolute atomic E-state index is 0.194. The third kappa shape index (κ3) is 1.47. The average Bonchev–Trinajstić information content (AvgIpc) is 2.71. The first-order valence-electron chi connectivity index (χ1n) is 4.28. The number of nitrogens with zero attached hydrogens (tertiary/aromatic N) is 5. The fourth-order valence-corrected chi connectivity index (χ4v) is 1.34. The summed E-state index contributed by atoms with van der Waals surface area (Å²) in [5.41, 5.74) is 0.797. The van der Waals surface area contributed by atoms with Gasteiger partial charge >= 0.3 is 5.82 Å². The van der Waals surface area contributed by atoms with Crippen LogP contribution in [0.5, 0.6) is 0 Å². The van der Waals surface area contributed by atoms with E-state index in [1.54, 1.807) is 23.9 Å². The highest BCUT2D eigenvalue weighted by Crippen LogP contribution is 2.19. The summed E-state index contributed by atoms with van der Waals surface area (Å²) in [5, 5.41) is 14.8. The van der Waals surface area contributed by atoms with Crippen molar-refractivity contribution in [3.8, 4) is 5.82 Å². The predicted octanol–water partition coefficient (Wildman–Crippen LogP) is 0.822. The van der Waals surface area contributed by atoms with Gasteiger partial charge in [0, 0.05) is 13.2 Å². The number of nitro groups is 1. The van der Waals surface area contributed by atoms with E-state index in [2.05, 4.69) is 10.1 Å². The molecule has 0 radical (unpaired) electrons. The molecule has 78 valence electrons. The average molecular weight is 207 g/mol. The van der Waals surface area contributed by atoms with Crippen molar-refractivity contribution < 1.29 is 4.92 Å². The molecule has 0 saturated heterocycles. The summed E-state index contributed by atoms with van der Waals surface area (Å²) in [6, 6.07) is 1.77. The molecule has 0 fully saturated rings. The van der Waals surface area contributed by atoms with Crippen molar-refractivity contribution in [1.29, 1.82) is 0 Å². The van der Waals surface area contributed by atoms with Gasteiger partial charge in [-0.1, -0.05) is 0 Å². The molecule has 7 nitrogen and oxygen atoms in total. The van der Waals surface area contributed by atoms with E-state index in [0.29, 0.717) is 5.82 Å². The zero-order chi connectivity index (χ0) is 11.0. The number of aryl methyl sites for hydroxylation is 2. The lowest BCUT2D eigenvalue weighted by molar-refractivity contribution is -0.389. The van der Waals surface area contributed by atoms with Crippen LogP contribution in [0.3, 0.4) is 0 Å². The zero-order valence-electron chi connectivity index (χ0n) is 8.28. The van der Waals surface area contributed by atoms with Crippen LogP contribution in [0.25, 0.3) is 5.82 Å². The second-order valence-electron chi connectivity index (χ2n) is 3.16. The minimum atomic E-state index is -0.521. The predicted molar refractivity (Wildman–Crippen MR) is 51.7 cm³/mol. The molecule has 0 saturated carbocycles. The van der Waals surface area contributed by atoms with Crippen molar-refractivity contribution in [2.75, 3.05) is 0 Å². The van der Waals surface area contributed by atoms with Crippen LogP contribution in [0.1, 0.15) is 5.69 Å². The standard InChI is InChI=1S/C8H9N5O2/c1-6-3-4-12(10-6)8-7(13(14)15)9-5-11(8)2/h3-5H,1-2H3. The molecule has 0 aliphatic carbocycles. The van der Waals surface area contributed by atoms with E-state index in [-0.39, 0.29) is 5.82 Å². The quantitative estimate of drug-likeness (QED) is 0.539. The Bertz CT molecular complexity index is 513. The molecular formula is C8H9N5O2. The Balaban J connectivity index is 2.60. The summed E-state index contributed by atoms with van der Waals surface area (Å²) in [6.07, 6.45) is 3.06. The fraction of sp³-hybridized carbons (Fsp3) is 0.250. The van der Waals surface area contributed by atoms with Crippen LogP contribution in [-0.4, -0.2) is 24.3 Å². The monoisotopic (exact) mass is 207 g/mol. The zero-order valence-corrected chi connectivity index (χ0v) is 8.28. The molecule has 0 unspecified atom stereocenters. The molecule has 0 spiro atoms. The molecule has 0 N–H and O–H groups in total. The highest BCUT2D eigenvalue weighted by atomic mass is 16.6. The van der Waals surface area contributed by atoms with Gasteiger partial charge < -0.3 is 10.1 Å². The Morgan fingerprint density at radius 3 is 2.80 bits per heavy atom. The van der Waals surface area contributed by atoms with E-state index in [1.807, 2.05) is 6.92 Å². The van der Waals surface area contributed by atoms with Gasteiger partial charge in [-0.2, -0.15) is 5.10 Å². The first-order chi connectivity index (χ1) is 7.09. The van der Waals surface area contributed by atoms with Gasteiger partial charge in [-0.15, -0.1) is 0 Å². The van der Waals surface area contributed by atoms with Gasteiger partial charge in [0.15, 0.2) is 0 Å². The normalized spacial score (nSPS) is 10.5. The second kappa shape index (κ2) is 3.19. The minimum Gasteiger partial charge on any atom is -0.358 e. The van der Waals surface area contributed by atoms with Crippen LogP contribution in [0.15, 0.2) is 18.6 Å². The number of aromatic nitrogens is 4. The summed E-state index contributed by atoms with van der Waals surface area (Å²) < 4.78 is 3.00. The van der Waals surface area contributed by atoms with Crippen LogP contribution in [0, 0.1) is 17.0 Å².